The molecule has 0 bridgehead atoms. The molecule has 0 spiro atoms. The smallest absolute Gasteiger partial charge is 0.244 e. The van der Waals surface area contributed by atoms with Crippen molar-refractivity contribution in [2.45, 2.75) is 26.9 Å². The maximum Gasteiger partial charge on any atom is 0.244 e. The van der Waals surface area contributed by atoms with Crippen LogP contribution in [-0.4, -0.2) is 15.7 Å². The van der Waals surface area contributed by atoms with Gasteiger partial charge in [0.15, 0.2) is 0 Å². The van der Waals surface area contributed by atoms with Crippen molar-refractivity contribution in [3.8, 4) is 0 Å². The number of hydrogen-bond donors (Lipinski definition) is 1. The molecule has 1 heterocycles. The predicted molar refractivity (Wildman–Crippen MR) is 110 cm³/mol. The zero-order valence-corrected chi connectivity index (χ0v) is 16.5. The van der Waals surface area contributed by atoms with Gasteiger partial charge < -0.3 is 5.32 Å². The fourth-order valence-electron chi connectivity index (χ4n) is 2.90. The van der Waals surface area contributed by atoms with Crippen LogP contribution in [0.5, 0.6) is 0 Å². The summed E-state index contributed by atoms with van der Waals surface area (Å²) in [6.45, 7) is 4.78. The van der Waals surface area contributed by atoms with Crippen LogP contribution in [0.3, 0.4) is 0 Å². The Morgan fingerprint density at radius 3 is 2.61 bits per heavy atom. The maximum absolute atomic E-state index is 12.9. The Kier molecular flexibility index (Phi) is 6.26. The minimum Gasteiger partial charge on any atom is -0.348 e. The lowest BCUT2D eigenvalue weighted by Gasteiger charge is -2.06. The maximum atomic E-state index is 12.9. The van der Waals surface area contributed by atoms with E-state index in [1.807, 2.05) is 42.8 Å². The third kappa shape index (κ3) is 4.87. The second-order valence-corrected chi connectivity index (χ2v) is 6.92. The highest BCUT2D eigenvalue weighted by atomic mass is 35.5. The third-order valence-corrected chi connectivity index (χ3v) is 4.87. The molecule has 144 valence electrons. The summed E-state index contributed by atoms with van der Waals surface area (Å²) in [5.74, 6) is -0.517. The van der Waals surface area contributed by atoms with E-state index in [9.17, 15) is 9.18 Å². The molecule has 0 saturated heterocycles. The molecular weight excluding hydrogens is 377 g/mol. The number of carbonyl (C=O) groups is 1. The first kappa shape index (κ1) is 19.8. The second kappa shape index (κ2) is 8.85. The molecule has 0 fully saturated rings. The molecule has 6 heteroatoms. The molecule has 0 unspecified atom stereocenters. The molecule has 0 aliphatic rings. The fourth-order valence-corrected chi connectivity index (χ4v) is 3.10. The zero-order valence-electron chi connectivity index (χ0n) is 15.7. The lowest BCUT2D eigenvalue weighted by atomic mass is 10.1. The van der Waals surface area contributed by atoms with Gasteiger partial charge in [0, 0.05) is 28.9 Å². The van der Waals surface area contributed by atoms with Crippen molar-refractivity contribution in [3.63, 3.8) is 0 Å². The SMILES string of the molecule is Cc1nn(Cc2ccccc2Cl)c(C)c1/C=C/C(=O)NCc1ccc(F)cc1. The van der Waals surface area contributed by atoms with Gasteiger partial charge in [0.05, 0.1) is 12.2 Å². The molecule has 0 atom stereocenters. The Morgan fingerprint density at radius 1 is 1.18 bits per heavy atom. The second-order valence-electron chi connectivity index (χ2n) is 6.51. The van der Waals surface area contributed by atoms with Gasteiger partial charge in [-0.25, -0.2) is 4.39 Å². The summed E-state index contributed by atoms with van der Waals surface area (Å²) in [4.78, 5) is 12.1. The van der Waals surface area contributed by atoms with Crippen molar-refractivity contribution in [3.05, 3.63) is 93.5 Å². The van der Waals surface area contributed by atoms with Crippen LogP contribution in [-0.2, 0) is 17.9 Å². The largest absolute Gasteiger partial charge is 0.348 e. The fraction of sp³-hybridized carbons (Fsp3) is 0.182. The molecule has 3 rings (SSSR count). The number of aryl methyl sites for hydroxylation is 1. The number of hydrogen-bond acceptors (Lipinski definition) is 2. The molecular formula is C22H21ClFN3O. The Morgan fingerprint density at radius 2 is 1.89 bits per heavy atom. The van der Waals surface area contributed by atoms with Crippen molar-refractivity contribution in [1.29, 1.82) is 0 Å². The minimum absolute atomic E-state index is 0.220. The molecule has 2 aromatic carbocycles. The number of halogens is 2. The van der Waals surface area contributed by atoms with Gasteiger partial charge in [-0.05, 0) is 49.2 Å². The predicted octanol–water partition coefficient (Wildman–Crippen LogP) is 4.67. The first-order valence-electron chi connectivity index (χ1n) is 8.92. The zero-order chi connectivity index (χ0) is 20.1. The number of rotatable bonds is 6. The number of nitrogens with one attached hydrogen (secondary N) is 1. The van der Waals surface area contributed by atoms with E-state index in [0.717, 1.165) is 28.1 Å². The van der Waals surface area contributed by atoms with Gasteiger partial charge in [-0.2, -0.15) is 5.10 Å². The van der Waals surface area contributed by atoms with Crippen molar-refractivity contribution in [2.75, 3.05) is 0 Å². The summed E-state index contributed by atoms with van der Waals surface area (Å²) in [5.41, 5.74) is 4.53. The highest BCUT2D eigenvalue weighted by Gasteiger charge is 2.11. The summed E-state index contributed by atoms with van der Waals surface area (Å²) in [7, 11) is 0. The normalized spacial score (nSPS) is 11.1. The average molecular weight is 398 g/mol. The van der Waals surface area contributed by atoms with Gasteiger partial charge in [0.25, 0.3) is 0 Å². The first-order chi connectivity index (χ1) is 13.4. The van der Waals surface area contributed by atoms with Gasteiger partial charge >= 0.3 is 0 Å². The summed E-state index contributed by atoms with van der Waals surface area (Å²) < 4.78 is 14.8. The van der Waals surface area contributed by atoms with Crippen LogP contribution in [0.2, 0.25) is 5.02 Å². The van der Waals surface area contributed by atoms with Gasteiger partial charge in [0.1, 0.15) is 5.82 Å². The van der Waals surface area contributed by atoms with Crippen LogP contribution in [0.1, 0.15) is 28.1 Å². The number of carbonyl (C=O) groups excluding carboxylic acids is 1. The van der Waals surface area contributed by atoms with Gasteiger partial charge in [-0.1, -0.05) is 41.9 Å². The van der Waals surface area contributed by atoms with E-state index >= 15 is 0 Å². The van der Waals surface area contributed by atoms with E-state index in [1.54, 1.807) is 18.2 Å². The molecule has 4 nitrogen and oxygen atoms in total. The van der Waals surface area contributed by atoms with Crippen molar-refractivity contribution in [2.24, 2.45) is 0 Å². The molecule has 0 saturated carbocycles. The Labute approximate surface area is 168 Å². The number of benzene rings is 2. The Hall–Kier alpha value is -2.92. The summed E-state index contributed by atoms with van der Waals surface area (Å²) in [6.07, 6.45) is 3.25. The molecule has 28 heavy (non-hydrogen) atoms. The quantitative estimate of drug-likeness (QED) is 0.614. The van der Waals surface area contributed by atoms with Crippen molar-refractivity contribution >= 4 is 23.6 Å². The summed E-state index contributed by atoms with van der Waals surface area (Å²) >= 11 is 6.24. The van der Waals surface area contributed by atoms with E-state index < -0.39 is 0 Å². The highest BCUT2D eigenvalue weighted by Crippen LogP contribution is 2.20. The molecule has 0 aliphatic heterocycles. The van der Waals surface area contributed by atoms with Crippen LogP contribution in [0.4, 0.5) is 4.39 Å². The highest BCUT2D eigenvalue weighted by molar-refractivity contribution is 6.31. The molecule has 1 aromatic heterocycles. The summed E-state index contributed by atoms with van der Waals surface area (Å²) in [5, 5.41) is 8.06. The number of aromatic nitrogens is 2. The molecule has 0 radical (unpaired) electrons. The number of nitrogens with zero attached hydrogens (tertiary/aromatic N) is 2. The average Bonchev–Trinajstić information content (AvgIpc) is 2.94. The van der Waals surface area contributed by atoms with Crippen molar-refractivity contribution < 1.29 is 9.18 Å². The number of amides is 1. The molecule has 3 aromatic rings. The van der Waals surface area contributed by atoms with Crippen LogP contribution in [0, 0.1) is 19.7 Å². The monoisotopic (exact) mass is 397 g/mol. The minimum atomic E-state index is -0.297. The molecule has 1 amide bonds. The van der Waals surface area contributed by atoms with E-state index in [0.29, 0.717) is 18.1 Å². The van der Waals surface area contributed by atoms with Crippen LogP contribution < -0.4 is 5.32 Å². The van der Waals surface area contributed by atoms with E-state index in [-0.39, 0.29) is 11.7 Å². The first-order valence-corrected chi connectivity index (χ1v) is 9.29. The van der Waals surface area contributed by atoms with Gasteiger partial charge in [-0.15, -0.1) is 0 Å². The van der Waals surface area contributed by atoms with E-state index in [1.165, 1.54) is 18.2 Å². The molecule has 1 N–H and O–H groups in total. The summed E-state index contributed by atoms with van der Waals surface area (Å²) in [6, 6.07) is 13.7. The molecule has 0 aliphatic carbocycles. The standard InChI is InChI=1S/C22H21ClFN3O/c1-15-20(11-12-22(28)25-13-17-7-9-19(24)10-8-17)16(2)27(26-15)14-18-5-3-4-6-21(18)23/h3-12H,13-14H2,1-2H3,(H,25,28)/b12-11+. The van der Waals surface area contributed by atoms with Gasteiger partial charge in [0.2, 0.25) is 5.91 Å². The topological polar surface area (TPSA) is 46.9 Å². The van der Waals surface area contributed by atoms with E-state index in [2.05, 4.69) is 10.4 Å². The van der Waals surface area contributed by atoms with E-state index in [4.69, 9.17) is 11.6 Å². The van der Waals surface area contributed by atoms with Crippen LogP contribution >= 0.6 is 11.6 Å². The van der Waals surface area contributed by atoms with Crippen molar-refractivity contribution in [1.82, 2.24) is 15.1 Å². The lowest BCUT2D eigenvalue weighted by Crippen LogP contribution is -2.20. The lowest BCUT2D eigenvalue weighted by molar-refractivity contribution is -0.116. The van der Waals surface area contributed by atoms with Crippen LogP contribution in [0.15, 0.2) is 54.6 Å². The Bertz CT molecular complexity index is 1010. The van der Waals surface area contributed by atoms with Crippen LogP contribution in [0.25, 0.3) is 6.08 Å². The van der Waals surface area contributed by atoms with Gasteiger partial charge in [-0.3, -0.25) is 9.48 Å². The Balaban J connectivity index is 1.66. The third-order valence-electron chi connectivity index (χ3n) is 4.50.